The average molecular weight is 336 g/mol. The Balaban J connectivity index is 1.70. The predicted octanol–water partition coefficient (Wildman–Crippen LogP) is 1.96. The van der Waals surface area contributed by atoms with Gasteiger partial charge in [-0.15, -0.1) is 0 Å². The molecule has 1 fully saturated rings. The van der Waals surface area contributed by atoms with Crippen LogP contribution in [0.3, 0.4) is 0 Å². The van der Waals surface area contributed by atoms with E-state index in [0.717, 1.165) is 23.3 Å². The fourth-order valence-electron chi connectivity index (χ4n) is 3.28. The molecule has 6 nitrogen and oxygen atoms in total. The standard InChI is InChI=1S/C16H24N4O2S/c1-12-4-5-19-11-15(18-16(19)7-12)8-17-23(21,22)20-9-13(2)6-14(3)10-20/h4-5,7,11,13-14,17H,6,8-10H2,1-3H3/t13-,14-/m0/s1. The van der Waals surface area contributed by atoms with Crippen LogP contribution in [0.2, 0.25) is 0 Å². The van der Waals surface area contributed by atoms with Gasteiger partial charge in [0.05, 0.1) is 12.2 Å². The smallest absolute Gasteiger partial charge is 0.279 e. The van der Waals surface area contributed by atoms with Crippen LogP contribution < -0.4 is 4.72 Å². The molecule has 3 rings (SSSR count). The summed E-state index contributed by atoms with van der Waals surface area (Å²) in [6.07, 6.45) is 4.88. The average Bonchev–Trinajstić information content (AvgIpc) is 2.86. The van der Waals surface area contributed by atoms with Crippen LogP contribution in [0.1, 0.15) is 31.5 Å². The fourth-order valence-corrected chi connectivity index (χ4v) is 4.69. The molecule has 0 aliphatic carbocycles. The van der Waals surface area contributed by atoms with Crippen LogP contribution in [-0.4, -0.2) is 35.2 Å². The van der Waals surface area contributed by atoms with Gasteiger partial charge in [0.1, 0.15) is 5.65 Å². The Labute approximate surface area is 137 Å². The molecule has 0 aromatic carbocycles. The molecular formula is C16H24N4O2S. The zero-order valence-electron chi connectivity index (χ0n) is 13.9. The van der Waals surface area contributed by atoms with Crippen molar-refractivity contribution in [3.63, 3.8) is 0 Å². The van der Waals surface area contributed by atoms with Crippen LogP contribution in [0, 0.1) is 18.8 Å². The Kier molecular flexibility index (Phi) is 4.44. The summed E-state index contributed by atoms with van der Waals surface area (Å²) in [4.78, 5) is 4.47. The lowest BCUT2D eigenvalue weighted by Gasteiger charge is -2.33. The summed E-state index contributed by atoms with van der Waals surface area (Å²) >= 11 is 0. The lowest BCUT2D eigenvalue weighted by Crippen LogP contribution is -2.47. The van der Waals surface area contributed by atoms with Crippen LogP contribution in [0.15, 0.2) is 24.5 Å². The molecule has 2 aromatic heterocycles. The highest BCUT2D eigenvalue weighted by Crippen LogP contribution is 2.22. The minimum Gasteiger partial charge on any atom is -0.307 e. The van der Waals surface area contributed by atoms with Crippen molar-refractivity contribution in [3.05, 3.63) is 35.8 Å². The van der Waals surface area contributed by atoms with E-state index in [2.05, 4.69) is 23.6 Å². The van der Waals surface area contributed by atoms with Gasteiger partial charge in [0, 0.05) is 25.5 Å². The molecule has 1 aliphatic heterocycles. The molecule has 0 saturated carbocycles. The second kappa shape index (κ2) is 6.22. The Morgan fingerprint density at radius 1 is 1.30 bits per heavy atom. The molecule has 2 atom stereocenters. The molecule has 23 heavy (non-hydrogen) atoms. The Bertz CT molecular complexity index is 790. The molecule has 0 unspecified atom stereocenters. The number of hydrogen-bond acceptors (Lipinski definition) is 3. The highest BCUT2D eigenvalue weighted by atomic mass is 32.2. The molecule has 7 heteroatoms. The van der Waals surface area contributed by atoms with Crippen molar-refractivity contribution < 1.29 is 8.42 Å². The van der Waals surface area contributed by atoms with Gasteiger partial charge in [-0.25, -0.2) is 4.98 Å². The molecule has 0 spiro atoms. The highest BCUT2D eigenvalue weighted by molar-refractivity contribution is 7.87. The number of aryl methyl sites for hydroxylation is 1. The molecule has 0 amide bonds. The quantitative estimate of drug-likeness (QED) is 0.928. The largest absolute Gasteiger partial charge is 0.307 e. The van der Waals surface area contributed by atoms with Gasteiger partial charge in [-0.1, -0.05) is 13.8 Å². The number of nitrogens with zero attached hydrogens (tertiary/aromatic N) is 3. The Hall–Kier alpha value is -1.44. The molecular weight excluding hydrogens is 312 g/mol. The second-order valence-corrected chi connectivity index (χ2v) is 8.55. The van der Waals surface area contributed by atoms with Gasteiger partial charge in [-0.05, 0) is 42.9 Å². The van der Waals surface area contributed by atoms with Gasteiger partial charge in [0.25, 0.3) is 10.2 Å². The Morgan fingerprint density at radius 2 is 2.00 bits per heavy atom. The summed E-state index contributed by atoms with van der Waals surface area (Å²) in [5, 5.41) is 0. The lowest BCUT2D eigenvalue weighted by molar-refractivity contribution is 0.220. The maximum absolute atomic E-state index is 12.5. The van der Waals surface area contributed by atoms with E-state index < -0.39 is 10.2 Å². The fraction of sp³-hybridized carbons (Fsp3) is 0.562. The number of piperidine rings is 1. The Morgan fingerprint density at radius 3 is 2.70 bits per heavy atom. The summed E-state index contributed by atoms with van der Waals surface area (Å²) in [6, 6.07) is 3.98. The van der Waals surface area contributed by atoms with E-state index in [1.165, 1.54) is 0 Å². The summed E-state index contributed by atoms with van der Waals surface area (Å²) in [7, 11) is -3.46. The molecule has 0 radical (unpaired) electrons. The van der Waals surface area contributed by atoms with E-state index in [-0.39, 0.29) is 6.54 Å². The summed E-state index contributed by atoms with van der Waals surface area (Å²) in [6.45, 7) is 7.59. The van der Waals surface area contributed by atoms with Gasteiger partial charge in [-0.2, -0.15) is 17.4 Å². The lowest BCUT2D eigenvalue weighted by atomic mass is 9.94. The first-order valence-corrected chi connectivity index (χ1v) is 9.46. The first kappa shape index (κ1) is 16.4. The molecule has 1 N–H and O–H groups in total. The van der Waals surface area contributed by atoms with E-state index in [0.29, 0.717) is 24.9 Å². The monoisotopic (exact) mass is 336 g/mol. The minimum absolute atomic E-state index is 0.211. The van der Waals surface area contributed by atoms with Gasteiger partial charge in [-0.3, -0.25) is 0 Å². The van der Waals surface area contributed by atoms with Crippen LogP contribution in [0.5, 0.6) is 0 Å². The van der Waals surface area contributed by atoms with E-state index in [1.807, 2.05) is 35.9 Å². The van der Waals surface area contributed by atoms with Crippen molar-refractivity contribution in [2.45, 2.75) is 33.7 Å². The van der Waals surface area contributed by atoms with Crippen LogP contribution in [-0.2, 0) is 16.8 Å². The number of rotatable bonds is 4. The third-order valence-electron chi connectivity index (χ3n) is 4.28. The maximum Gasteiger partial charge on any atom is 0.279 e. The van der Waals surface area contributed by atoms with Crippen molar-refractivity contribution in [3.8, 4) is 0 Å². The summed E-state index contributed by atoms with van der Waals surface area (Å²) in [5.41, 5.74) is 2.68. The SMILES string of the molecule is Cc1ccn2cc(CNS(=O)(=O)N3C[C@@H](C)C[C@H](C)C3)nc2c1. The molecule has 126 valence electrons. The normalized spacial score (nSPS) is 23.4. The second-order valence-electron chi connectivity index (χ2n) is 6.79. The first-order valence-electron chi connectivity index (χ1n) is 8.02. The van der Waals surface area contributed by atoms with Crippen LogP contribution >= 0.6 is 0 Å². The molecule has 1 saturated heterocycles. The minimum atomic E-state index is -3.46. The zero-order chi connectivity index (χ0) is 16.6. The molecule has 0 bridgehead atoms. The van der Waals surface area contributed by atoms with Crippen molar-refractivity contribution in [2.24, 2.45) is 11.8 Å². The van der Waals surface area contributed by atoms with Crippen molar-refractivity contribution in [1.82, 2.24) is 18.4 Å². The highest BCUT2D eigenvalue weighted by Gasteiger charge is 2.30. The van der Waals surface area contributed by atoms with E-state index in [1.54, 1.807) is 4.31 Å². The molecule has 3 heterocycles. The summed E-state index contributed by atoms with van der Waals surface area (Å²) in [5.74, 6) is 0.794. The van der Waals surface area contributed by atoms with Gasteiger partial charge in [0.2, 0.25) is 0 Å². The third kappa shape index (κ3) is 3.73. The number of imidazole rings is 1. The maximum atomic E-state index is 12.5. The molecule has 2 aromatic rings. The molecule has 1 aliphatic rings. The van der Waals surface area contributed by atoms with E-state index >= 15 is 0 Å². The van der Waals surface area contributed by atoms with E-state index in [4.69, 9.17) is 0 Å². The van der Waals surface area contributed by atoms with Crippen LogP contribution in [0.4, 0.5) is 0 Å². The predicted molar refractivity (Wildman–Crippen MR) is 90.2 cm³/mol. The zero-order valence-corrected chi connectivity index (χ0v) is 14.7. The third-order valence-corrected chi connectivity index (χ3v) is 5.76. The number of hydrogen-bond donors (Lipinski definition) is 1. The van der Waals surface area contributed by atoms with Gasteiger partial charge >= 0.3 is 0 Å². The van der Waals surface area contributed by atoms with Crippen LogP contribution in [0.25, 0.3) is 5.65 Å². The number of fused-ring (bicyclic) bond motifs is 1. The number of nitrogens with one attached hydrogen (secondary N) is 1. The first-order chi connectivity index (χ1) is 10.8. The van der Waals surface area contributed by atoms with Crippen molar-refractivity contribution in [2.75, 3.05) is 13.1 Å². The van der Waals surface area contributed by atoms with Crippen molar-refractivity contribution >= 4 is 15.9 Å². The van der Waals surface area contributed by atoms with Gasteiger partial charge in [0.15, 0.2) is 0 Å². The van der Waals surface area contributed by atoms with Gasteiger partial charge < -0.3 is 4.40 Å². The number of pyridine rings is 1. The van der Waals surface area contributed by atoms with E-state index in [9.17, 15) is 8.42 Å². The topological polar surface area (TPSA) is 66.7 Å². The number of aromatic nitrogens is 2. The summed E-state index contributed by atoms with van der Waals surface area (Å²) < 4.78 is 31.1. The van der Waals surface area contributed by atoms with Crippen molar-refractivity contribution in [1.29, 1.82) is 0 Å².